The van der Waals surface area contributed by atoms with E-state index in [-0.39, 0.29) is 24.6 Å². The topological polar surface area (TPSA) is 104 Å². The number of esters is 1. The predicted molar refractivity (Wildman–Crippen MR) is 172 cm³/mol. The minimum absolute atomic E-state index is 0.0899. The van der Waals surface area contributed by atoms with Crippen LogP contribution in [-0.4, -0.2) is 59.3 Å². The fourth-order valence-electron chi connectivity index (χ4n) is 6.11. The molecule has 0 unspecified atom stereocenters. The molecule has 0 N–H and O–H groups in total. The summed E-state index contributed by atoms with van der Waals surface area (Å²) in [6.07, 6.45) is 5.85. The minimum atomic E-state index is -0.785. The molecule has 45 heavy (non-hydrogen) atoms. The zero-order valence-electron chi connectivity index (χ0n) is 25.9. The third kappa shape index (κ3) is 5.68. The first kappa shape index (κ1) is 30.4. The van der Waals surface area contributed by atoms with E-state index < -0.39 is 12.0 Å². The first-order valence-electron chi connectivity index (χ1n) is 15.2. The molecule has 11 heteroatoms. The first-order valence-corrected chi connectivity index (χ1v) is 16.0. The number of hydrogen-bond donors (Lipinski definition) is 0. The van der Waals surface area contributed by atoms with Gasteiger partial charge >= 0.3 is 5.97 Å². The summed E-state index contributed by atoms with van der Waals surface area (Å²) in [5, 5.41) is 0.939. The number of benzene rings is 2. The van der Waals surface area contributed by atoms with Crippen LogP contribution in [-0.2, 0) is 20.9 Å². The van der Waals surface area contributed by atoms with E-state index in [1.54, 1.807) is 37.7 Å². The second-order valence-electron chi connectivity index (χ2n) is 11.0. The maximum Gasteiger partial charge on any atom is 0.338 e. The van der Waals surface area contributed by atoms with Crippen LogP contribution in [0.1, 0.15) is 50.8 Å². The highest BCUT2D eigenvalue weighted by atomic mass is 32.1. The fraction of sp³-hybridized carbons (Fsp3) is 0.353. The van der Waals surface area contributed by atoms with Gasteiger partial charge in [-0.05, 0) is 63.5 Å². The predicted octanol–water partition coefficient (Wildman–Crippen LogP) is 3.78. The number of ether oxygens (including phenoxy) is 3. The summed E-state index contributed by atoms with van der Waals surface area (Å²) in [7, 11) is 1.56. The highest BCUT2D eigenvalue weighted by molar-refractivity contribution is 7.07. The summed E-state index contributed by atoms with van der Waals surface area (Å²) in [6, 6.07) is 12.5. The molecule has 234 valence electrons. The molecule has 4 heterocycles. The van der Waals surface area contributed by atoms with E-state index in [4.69, 9.17) is 19.2 Å². The van der Waals surface area contributed by atoms with Crippen LogP contribution in [0.4, 0.5) is 0 Å². The number of carbonyl (C=O) groups is 2. The lowest BCUT2D eigenvalue weighted by atomic mass is 9.95. The van der Waals surface area contributed by atoms with Crippen molar-refractivity contribution < 1.29 is 23.8 Å². The summed E-state index contributed by atoms with van der Waals surface area (Å²) >= 11 is 1.26. The normalized spacial score (nSPS) is 16.6. The Morgan fingerprint density at radius 1 is 1.07 bits per heavy atom. The van der Waals surface area contributed by atoms with Crippen molar-refractivity contribution in [2.24, 2.45) is 4.99 Å². The Bertz CT molecular complexity index is 2000. The molecule has 0 bridgehead atoms. The largest absolute Gasteiger partial charge is 0.493 e. The van der Waals surface area contributed by atoms with Gasteiger partial charge < -0.3 is 23.7 Å². The second-order valence-corrected chi connectivity index (χ2v) is 12.0. The summed E-state index contributed by atoms with van der Waals surface area (Å²) in [6.45, 7) is 7.80. The Balaban J connectivity index is 1.49. The molecule has 1 amide bonds. The number of fused-ring (bicyclic) bond motifs is 2. The van der Waals surface area contributed by atoms with Crippen molar-refractivity contribution in [2.75, 3.05) is 33.4 Å². The maximum atomic E-state index is 14.2. The molecule has 2 aliphatic heterocycles. The Kier molecular flexibility index (Phi) is 8.62. The minimum Gasteiger partial charge on any atom is -0.493 e. The van der Waals surface area contributed by atoms with Crippen molar-refractivity contribution >= 4 is 40.2 Å². The molecule has 0 radical (unpaired) electrons. The number of methoxy groups -OCH3 is 1. The van der Waals surface area contributed by atoms with Crippen LogP contribution in [0.15, 0.2) is 69.7 Å². The van der Waals surface area contributed by atoms with Crippen molar-refractivity contribution in [3.05, 3.63) is 90.7 Å². The molecular formula is C34H36N4O6S. The fourth-order valence-corrected chi connectivity index (χ4v) is 7.15. The lowest BCUT2D eigenvalue weighted by Crippen LogP contribution is -2.40. The molecule has 0 spiro atoms. The molecule has 0 aliphatic carbocycles. The Morgan fingerprint density at radius 3 is 2.58 bits per heavy atom. The highest BCUT2D eigenvalue weighted by Gasteiger charge is 2.34. The second kappa shape index (κ2) is 12.8. The van der Waals surface area contributed by atoms with Gasteiger partial charge in [0.15, 0.2) is 16.3 Å². The lowest BCUT2D eigenvalue weighted by molar-refractivity contribution is -0.139. The van der Waals surface area contributed by atoms with Gasteiger partial charge in [-0.25, -0.2) is 9.79 Å². The molecular weight excluding hydrogens is 592 g/mol. The van der Waals surface area contributed by atoms with E-state index in [0.29, 0.717) is 44.3 Å². The standard InChI is InChI=1S/C34H36N4O6S/c1-5-43-27-17-22(13-14-26(27)42-4)31-30(33(41)44-6-2)21(3)35-34-38(31)32(40)28(45-34)18-23-19-37(25-12-8-7-11-24(23)25)20-29(39)36-15-9-10-16-36/h7-8,11-14,17-19,31H,5-6,9-10,15-16,20H2,1-4H3/b28-18+/t31-/m0/s1. The number of hydrogen-bond acceptors (Lipinski definition) is 8. The lowest BCUT2D eigenvalue weighted by Gasteiger charge is -2.25. The van der Waals surface area contributed by atoms with Crippen LogP contribution in [0, 0.1) is 0 Å². The van der Waals surface area contributed by atoms with Gasteiger partial charge in [-0.2, -0.15) is 0 Å². The van der Waals surface area contributed by atoms with Gasteiger partial charge in [0.25, 0.3) is 5.56 Å². The van der Waals surface area contributed by atoms with Gasteiger partial charge in [0.1, 0.15) is 6.54 Å². The number of thiazole rings is 1. The molecule has 4 aromatic rings. The Labute approximate surface area is 264 Å². The van der Waals surface area contributed by atoms with E-state index >= 15 is 0 Å². The van der Waals surface area contributed by atoms with E-state index in [1.165, 1.54) is 11.3 Å². The SMILES string of the molecule is CCOC(=O)C1=C(C)N=c2s/c(=C/c3cn(CC(=O)N4CCCC4)c4ccccc34)c(=O)n2[C@H]1c1ccc(OC)c(OCC)c1. The quantitative estimate of drug-likeness (QED) is 0.262. The Morgan fingerprint density at radius 2 is 1.84 bits per heavy atom. The highest BCUT2D eigenvalue weighted by Crippen LogP contribution is 2.36. The van der Waals surface area contributed by atoms with Crippen molar-refractivity contribution in [1.29, 1.82) is 0 Å². The number of rotatable bonds is 9. The van der Waals surface area contributed by atoms with Gasteiger partial charge in [-0.15, -0.1) is 0 Å². The molecule has 1 fully saturated rings. The van der Waals surface area contributed by atoms with Crippen LogP contribution in [0.5, 0.6) is 11.5 Å². The van der Waals surface area contributed by atoms with Crippen LogP contribution >= 0.6 is 11.3 Å². The summed E-state index contributed by atoms with van der Waals surface area (Å²) in [4.78, 5) is 47.7. The Hall–Kier alpha value is -4.64. The molecule has 10 nitrogen and oxygen atoms in total. The van der Waals surface area contributed by atoms with Crippen LogP contribution in [0.25, 0.3) is 17.0 Å². The molecule has 1 atom stereocenters. The van der Waals surface area contributed by atoms with Crippen molar-refractivity contribution in [3.8, 4) is 11.5 Å². The molecule has 2 aromatic heterocycles. The summed E-state index contributed by atoms with van der Waals surface area (Å²) in [5.41, 5.74) is 2.91. The van der Waals surface area contributed by atoms with Crippen LogP contribution in [0.3, 0.4) is 0 Å². The van der Waals surface area contributed by atoms with Gasteiger partial charge in [-0.3, -0.25) is 14.2 Å². The number of carbonyl (C=O) groups excluding carboxylic acids is 2. The van der Waals surface area contributed by atoms with Crippen LogP contribution < -0.4 is 24.4 Å². The first-order chi connectivity index (χ1) is 21.8. The molecule has 6 rings (SSSR count). The van der Waals surface area contributed by atoms with E-state index in [1.807, 2.05) is 59.0 Å². The number of aromatic nitrogens is 2. The van der Waals surface area contributed by atoms with E-state index in [0.717, 1.165) is 42.4 Å². The number of para-hydroxylation sites is 1. The maximum absolute atomic E-state index is 14.2. The van der Waals surface area contributed by atoms with E-state index in [9.17, 15) is 14.4 Å². The molecule has 2 aromatic carbocycles. The molecule has 1 saturated heterocycles. The smallest absolute Gasteiger partial charge is 0.338 e. The number of nitrogens with zero attached hydrogens (tertiary/aromatic N) is 4. The van der Waals surface area contributed by atoms with Crippen molar-refractivity contribution in [1.82, 2.24) is 14.0 Å². The number of allylic oxidation sites excluding steroid dienone is 1. The third-order valence-corrected chi connectivity index (χ3v) is 9.17. The molecule has 0 saturated carbocycles. The third-order valence-electron chi connectivity index (χ3n) is 8.19. The van der Waals surface area contributed by atoms with Crippen molar-refractivity contribution in [2.45, 2.75) is 46.2 Å². The average molecular weight is 629 g/mol. The van der Waals surface area contributed by atoms with Gasteiger partial charge in [0, 0.05) is 35.8 Å². The van der Waals surface area contributed by atoms with Crippen LogP contribution in [0.2, 0.25) is 0 Å². The van der Waals surface area contributed by atoms with E-state index in [2.05, 4.69) is 0 Å². The van der Waals surface area contributed by atoms with Gasteiger partial charge in [0.2, 0.25) is 5.91 Å². The van der Waals surface area contributed by atoms with Crippen molar-refractivity contribution in [3.63, 3.8) is 0 Å². The summed E-state index contributed by atoms with van der Waals surface area (Å²) < 4.78 is 20.7. The molecule has 2 aliphatic rings. The van der Waals surface area contributed by atoms with Gasteiger partial charge in [-0.1, -0.05) is 35.6 Å². The zero-order chi connectivity index (χ0) is 31.7. The number of amides is 1. The zero-order valence-corrected chi connectivity index (χ0v) is 26.7. The number of likely N-dealkylation sites (tertiary alicyclic amines) is 1. The van der Waals surface area contributed by atoms with Gasteiger partial charge in [0.05, 0.1) is 42.2 Å². The monoisotopic (exact) mass is 628 g/mol. The summed E-state index contributed by atoms with van der Waals surface area (Å²) in [5.74, 6) is 0.615. The average Bonchev–Trinajstić information content (AvgIpc) is 3.76.